The van der Waals surface area contributed by atoms with E-state index in [4.69, 9.17) is 28.4 Å². The van der Waals surface area contributed by atoms with Crippen LogP contribution in [0.3, 0.4) is 0 Å². The first kappa shape index (κ1) is 32.6. The zero-order chi connectivity index (χ0) is 31.1. The standard InChI is InChI=1S/C31H35IN2O8S/c1-7-39-23-16-19(15-21(32)28(23)41-9-3)17-24-29(35)34-26(20-11-10-12-22(38-6)27(20)40-8-2)25(18(4)33-31(34)43-24)30(36)42-14-13-37-5/h10-12,15-17,26H,7-9,13-14H2,1-6H3/b24-17+/t26-/m0/s1. The van der Waals surface area contributed by atoms with Gasteiger partial charge in [-0.1, -0.05) is 23.5 Å². The largest absolute Gasteiger partial charge is 0.493 e. The smallest absolute Gasteiger partial charge is 0.338 e. The monoisotopic (exact) mass is 722 g/mol. The fourth-order valence-corrected chi connectivity index (χ4v) is 6.58. The zero-order valence-electron chi connectivity index (χ0n) is 25.0. The summed E-state index contributed by atoms with van der Waals surface area (Å²) >= 11 is 3.44. The number of ether oxygens (including phenoxy) is 6. The number of para-hydroxylation sites is 1. The van der Waals surface area contributed by atoms with E-state index in [-0.39, 0.29) is 24.3 Å². The fourth-order valence-electron chi connectivity index (χ4n) is 4.75. The van der Waals surface area contributed by atoms with Gasteiger partial charge in [0, 0.05) is 12.7 Å². The molecule has 4 rings (SSSR count). The number of rotatable bonds is 13. The molecule has 1 atom stereocenters. The maximum atomic E-state index is 14.2. The van der Waals surface area contributed by atoms with Crippen LogP contribution in [0.4, 0.5) is 0 Å². The Hall–Kier alpha value is -3.36. The average molecular weight is 723 g/mol. The van der Waals surface area contributed by atoms with Crippen LogP contribution in [0.15, 0.2) is 51.4 Å². The molecular weight excluding hydrogens is 687 g/mol. The van der Waals surface area contributed by atoms with Gasteiger partial charge < -0.3 is 28.4 Å². The number of halogens is 1. The third kappa shape index (κ3) is 6.91. The summed E-state index contributed by atoms with van der Waals surface area (Å²) in [6, 6.07) is 8.31. The molecule has 1 aliphatic rings. The summed E-state index contributed by atoms with van der Waals surface area (Å²) in [4.78, 5) is 32.8. The average Bonchev–Trinajstić information content (AvgIpc) is 3.28. The summed E-state index contributed by atoms with van der Waals surface area (Å²) in [5, 5.41) is 0. The highest BCUT2D eigenvalue weighted by Crippen LogP contribution is 2.41. The number of carbonyl (C=O) groups excluding carboxylic acids is 1. The van der Waals surface area contributed by atoms with Crippen LogP contribution < -0.4 is 33.8 Å². The molecule has 0 fully saturated rings. The summed E-state index contributed by atoms with van der Waals surface area (Å²) in [6.45, 7) is 9.02. The molecule has 0 aliphatic carbocycles. The van der Waals surface area contributed by atoms with Crippen molar-refractivity contribution < 1.29 is 33.2 Å². The van der Waals surface area contributed by atoms with E-state index >= 15 is 0 Å². The molecule has 230 valence electrons. The summed E-state index contributed by atoms with van der Waals surface area (Å²) in [7, 11) is 3.07. The Morgan fingerprint density at radius 1 is 1.02 bits per heavy atom. The van der Waals surface area contributed by atoms with Crippen LogP contribution >= 0.6 is 33.9 Å². The van der Waals surface area contributed by atoms with Crippen molar-refractivity contribution in [3.05, 3.63) is 76.0 Å². The molecule has 0 saturated carbocycles. The first-order valence-electron chi connectivity index (χ1n) is 13.9. The van der Waals surface area contributed by atoms with Crippen molar-refractivity contribution in [1.29, 1.82) is 0 Å². The molecule has 2 aromatic carbocycles. The summed E-state index contributed by atoms with van der Waals surface area (Å²) in [6.07, 6.45) is 1.80. The van der Waals surface area contributed by atoms with Gasteiger partial charge in [-0.25, -0.2) is 9.79 Å². The first-order valence-corrected chi connectivity index (χ1v) is 15.8. The Morgan fingerprint density at radius 3 is 2.42 bits per heavy atom. The van der Waals surface area contributed by atoms with Gasteiger partial charge in [0.05, 0.1) is 52.9 Å². The summed E-state index contributed by atoms with van der Waals surface area (Å²) in [5.41, 5.74) is 1.72. The summed E-state index contributed by atoms with van der Waals surface area (Å²) < 4.78 is 36.7. The highest BCUT2D eigenvalue weighted by molar-refractivity contribution is 14.1. The van der Waals surface area contributed by atoms with Crippen LogP contribution in [0.1, 0.15) is 44.9 Å². The van der Waals surface area contributed by atoms with E-state index in [9.17, 15) is 9.59 Å². The summed E-state index contributed by atoms with van der Waals surface area (Å²) in [5.74, 6) is 1.59. The topological polar surface area (TPSA) is 107 Å². The van der Waals surface area contributed by atoms with E-state index in [0.29, 0.717) is 63.4 Å². The van der Waals surface area contributed by atoms with Crippen LogP contribution in [-0.4, -0.2) is 57.8 Å². The normalized spacial score (nSPS) is 14.7. The molecule has 1 aliphatic heterocycles. The third-order valence-corrected chi connectivity index (χ3v) is 8.28. The lowest BCUT2D eigenvalue weighted by Gasteiger charge is -2.27. The number of hydrogen-bond donors (Lipinski definition) is 0. The Balaban J connectivity index is 1.95. The molecule has 0 saturated heterocycles. The number of aromatic nitrogens is 1. The van der Waals surface area contributed by atoms with Crippen molar-refractivity contribution in [2.75, 3.05) is 47.3 Å². The van der Waals surface area contributed by atoms with Crippen molar-refractivity contribution in [2.45, 2.75) is 33.7 Å². The van der Waals surface area contributed by atoms with Crippen molar-refractivity contribution >= 4 is 46.0 Å². The number of allylic oxidation sites excluding steroid dienone is 1. The molecule has 12 heteroatoms. The highest BCUT2D eigenvalue weighted by Gasteiger charge is 2.36. The SMILES string of the molecule is CCOc1cc(/C=c2/sc3n(c2=O)[C@@H](c2cccc(OC)c2OCC)C(C(=O)OCCOC)=C(C)N=3)cc(I)c1OCC. The molecule has 0 radical (unpaired) electrons. The number of esters is 1. The van der Waals surface area contributed by atoms with Gasteiger partial charge in [-0.05, 0) is 80.1 Å². The van der Waals surface area contributed by atoms with E-state index in [1.165, 1.54) is 23.0 Å². The zero-order valence-corrected chi connectivity index (χ0v) is 28.0. The molecular formula is C31H35IN2O8S. The number of benzene rings is 2. The molecule has 43 heavy (non-hydrogen) atoms. The van der Waals surface area contributed by atoms with E-state index in [1.54, 1.807) is 32.2 Å². The molecule has 0 amide bonds. The number of hydrogen-bond acceptors (Lipinski definition) is 10. The number of carbonyl (C=O) groups is 1. The van der Waals surface area contributed by atoms with E-state index in [1.807, 2.05) is 39.0 Å². The Morgan fingerprint density at radius 2 is 1.74 bits per heavy atom. The predicted molar refractivity (Wildman–Crippen MR) is 172 cm³/mol. The lowest BCUT2D eigenvalue weighted by molar-refractivity contribution is -0.140. The van der Waals surface area contributed by atoms with Crippen LogP contribution in [0.25, 0.3) is 6.08 Å². The van der Waals surface area contributed by atoms with E-state index in [0.717, 1.165) is 9.13 Å². The minimum Gasteiger partial charge on any atom is -0.493 e. The van der Waals surface area contributed by atoms with Gasteiger partial charge in [-0.2, -0.15) is 0 Å². The number of thiazole rings is 1. The molecule has 1 aromatic heterocycles. The molecule has 0 N–H and O–H groups in total. The quantitative estimate of drug-likeness (QED) is 0.147. The van der Waals surface area contributed by atoms with Crippen molar-refractivity contribution in [3.63, 3.8) is 0 Å². The molecule has 10 nitrogen and oxygen atoms in total. The van der Waals surface area contributed by atoms with Crippen LogP contribution in [0.2, 0.25) is 0 Å². The fraction of sp³-hybridized carbons (Fsp3) is 0.387. The van der Waals surface area contributed by atoms with E-state index < -0.39 is 12.0 Å². The van der Waals surface area contributed by atoms with Gasteiger partial charge in [-0.3, -0.25) is 9.36 Å². The van der Waals surface area contributed by atoms with Gasteiger partial charge in [0.2, 0.25) is 0 Å². The number of fused-ring (bicyclic) bond motifs is 1. The Kier molecular flexibility index (Phi) is 11.3. The lowest BCUT2D eigenvalue weighted by Crippen LogP contribution is -2.40. The first-order chi connectivity index (χ1) is 20.8. The third-order valence-electron chi connectivity index (χ3n) is 6.49. The van der Waals surface area contributed by atoms with Crippen LogP contribution in [-0.2, 0) is 14.3 Å². The van der Waals surface area contributed by atoms with Gasteiger partial charge in [0.1, 0.15) is 12.6 Å². The Bertz CT molecular complexity index is 1690. The highest BCUT2D eigenvalue weighted by atomic mass is 127. The van der Waals surface area contributed by atoms with Crippen molar-refractivity contribution in [3.8, 4) is 23.0 Å². The molecule has 0 spiro atoms. The van der Waals surface area contributed by atoms with Crippen LogP contribution in [0.5, 0.6) is 23.0 Å². The second-order valence-electron chi connectivity index (χ2n) is 9.22. The predicted octanol–water partition coefficient (Wildman–Crippen LogP) is 4.23. The second kappa shape index (κ2) is 14.9. The molecule has 3 aromatic rings. The van der Waals surface area contributed by atoms with Gasteiger partial charge in [-0.15, -0.1) is 0 Å². The minimum absolute atomic E-state index is 0.0538. The van der Waals surface area contributed by atoms with Crippen molar-refractivity contribution in [2.24, 2.45) is 4.99 Å². The molecule has 0 unspecified atom stereocenters. The molecule has 2 heterocycles. The number of methoxy groups -OCH3 is 2. The van der Waals surface area contributed by atoms with E-state index in [2.05, 4.69) is 27.6 Å². The lowest BCUT2D eigenvalue weighted by atomic mass is 9.94. The maximum absolute atomic E-state index is 14.2. The number of nitrogens with zero attached hydrogens (tertiary/aromatic N) is 2. The Labute approximate surface area is 267 Å². The van der Waals surface area contributed by atoms with Gasteiger partial charge >= 0.3 is 5.97 Å². The van der Waals surface area contributed by atoms with Gasteiger partial charge in [0.15, 0.2) is 27.8 Å². The maximum Gasteiger partial charge on any atom is 0.338 e. The van der Waals surface area contributed by atoms with Gasteiger partial charge in [0.25, 0.3) is 5.56 Å². The second-order valence-corrected chi connectivity index (χ2v) is 11.4. The minimum atomic E-state index is -0.871. The van der Waals surface area contributed by atoms with Crippen LogP contribution in [0, 0.1) is 3.57 Å². The van der Waals surface area contributed by atoms with Crippen molar-refractivity contribution in [1.82, 2.24) is 4.57 Å². The molecule has 0 bridgehead atoms.